The van der Waals surface area contributed by atoms with Crippen molar-refractivity contribution in [1.82, 2.24) is 19.9 Å². The van der Waals surface area contributed by atoms with E-state index in [0.717, 1.165) is 16.3 Å². The van der Waals surface area contributed by atoms with Gasteiger partial charge in [-0.1, -0.05) is 0 Å². The van der Waals surface area contributed by atoms with Gasteiger partial charge in [-0.2, -0.15) is 10.4 Å². The van der Waals surface area contributed by atoms with Gasteiger partial charge in [-0.15, -0.1) is 11.3 Å². The number of nitrogens with two attached hydrogens (primary N) is 1. The van der Waals surface area contributed by atoms with Crippen molar-refractivity contribution in [2.75, 3.05) is 7.11 Å². The second-order valence-electron chi connectivity index (χ2n) is 6.18. The summed E-state index contributed by atoms with van der Waals surface area (Å²) in [7, 11) is 1.50. The summed E-state index contributed by atoms with van der Waals surface area (Å²) in [5.41, 5.74) is 7.71. The fourth-order valence-electron chi connectivity index (χ4n) is 3.01. The number of nitrogens with zero attached hydrogens (tertiary/aromatic N) is 4. The molecule has 1 aromatic carbocycles. The van der Waals surface area contributed by atoms with Crippen LogP contribution in [0, 0.1) is 16.7 Å². The summed E-state index contributed by atoms with van der Waals surface area (Å²) in [4.78, 5) is 17.5. The molecule has 4 aromatic rings. The van der Waals surface area contributed by atoms with Gasteiger partial charge in [0.05, 0.1) is 24.7 Å². The number of aromatic nitrogens is 3. The maximum Gasteiger partial charge on any atom is 0.261 e. The van der Waals surface area contributed by atoms with Gasteiger partial charge in [-0.25, -0.2) is 9.50 Å². The number of nitriles is 1. The number of rotatable bonds is 5. The first-order valence-electron chi connectivity index (χ1n) is 8.67. The predicted octanol–water partition coefficient (Wildman–Crippen LogP) is 2.53. The van der Waals surface area contributed by atoms with Crippen molar-refractivity contribution in [3.8, 4) is 11.8 Å². The van der Waals surface area contributed by atoms with Crippen molar-refractivity contribution in [3.05, 3.63) is 64.6 Å². The van der Waals surface area contributed by atoms with Crippen molar-refractivity contribution < 1.29 is 9.53 Å². The predicted molar refractivity (Wildman–Crippen MR) is 113 cm³/mol. The highest BCUT2D eigenvalue weighted by molar-refractivity contribution is 7.19. The second-order valence-corrected chi connectivity index (χ2v) is 7.27. The van der Waals surface area contributed by atoms with E-state index in [-0.39, 0.29) is 17.0 Å². The van der Waals surface area contributed by atoms with Crippen molar-refractivity contribution in [2.24, 2.45) is 5.73 Å². The maximum absolute atomic E-state index is 12.8. The number of ether oxygens (including phenoxy) is 1. The molecule has 10 heteroatoms. The van der Waals surface area contributed by atoms with E-state index < -0.39 is 5.91 Å². The summed E-state index contributed by atoms with van der Waals surface area (Å²) < 4.78 is 7.80. The lowest BCUT2D eigenvalue weighted by Crippen LogP contribution is -2.26. The Morgan fingerprint density at radius 1 is 1.40 bits per heavy atom. The maximum atomic E-state index is 12.8. The Labute approximate surface area is 174 Å². The Balaban J connectivity index is 1.75. The van der Waals surface area contributed by atoms with Crippen LogP contribution in [0.5, 0.6) is 5.75 Å². The van der Waals surface area contributed by atoms with Gasteiger partial charge in [0.1, 0.15) is 22.3 Å². The zero-order chi connectivity index (χ0) is 21.3. The molecule has 9 nitrogen and oxygen atoms in total. The number of amides is 1. The molecule has 0 aliphatic heterocycles. The minimum atomic E-state index is -0.493. The smallest absolute Gasteiger partial charge is 0.261 e. The van der Waals surface area contributed by atoms with Crippen LogP contribution in [-0.2, 0) is 0 Å². The molecule has 0 saturated heterocycles. The molecule has 3 heterocycles. The summed E-state index contributed by atoms with van der Waals surface area (Å²) in [5.74, 6) is -0.0231. The molecular weight excluding hydrogens is 402 g/mol. The number of benzene rings is 1. The van der Waals surface area contributed by atoms with Crippen LogP contribution in [0.4, 0.5) is 0 Å². The Morgan fingerprint density at radius 3 is 2.97 bits per heavy atom. The minimum Gasteiger partial charge on any atom is -0.496 e. The quantitative estimate of drug-likeness (QED) is 0.426. The van der Waals surface area contributed by atoms with Crippen LogP contribution in [0.1, 0.15) is 20.8 Å². The van der Waals surface area contributed by atoms with Gasteiger partial charge in [0.15, 0.2) is 5.65 Å². The number of hydrogen-bond acceptors (Lipinski definition) is 8. The lowest BCUT2D eigenvalue weighted by Gasteiger charge is -2.13. The van der Waals surface area contributed by atoms with Crippen molar-refractivity contribution in [3.63, 3.8) is 0 Å². The number of nitrogens with one attached hydrogen (secondary N) is 2. The molecule has 3 aromatic heterocycles. The topological polar surface area (TPSA) is 142 Å². The molecule has 0 spiro atoms. The molecule has 0 aliphatic carbocycles. The van der Waals surface area contributed by atoms with Gasteiger partial charge in [0.25, 0.3) is 5.91 Å². The van der Waals surface area contributed by atoms with E-state index in [1.54, 1.807) is 36.7 Å². The first kappa shape index (κ1) is 19.1. The fourth-order valence-corrected chi connectivity index (χ4v) is 3.88. The third-order valence-electron chi connectivity index (χ3n) is 4.45. The number of allylic oxidation sites excluding steroid dienone is 1. The van der Waals surface area contributed by atoms with Crippen LogP contribution >= 0.6 is 11.3 Å². The monoisotopic (exact) mass is 417 g/mol. The number of carbonyl (C=O) groups excluding carboxylic acids is 1. The number of hydrogen-bond donors (Lipinski definition) is 3. The molecule has 0 radical (unpaired) electrons. The molecule has 0 bridgehead atoms. The highest BCUT2D eigenvalue weighted by Crippen LogP contribution is 2.34. The summed E-state index contributed by atoms with van der Waals surface area (Å²) in [6.45, 7) is 0. The van der Waals surface area contributed by atoms with E-state index >= 15 is 0 Å². The average Bonchev–Trinajstić information content (AvgIpc) is 3.39. The standard InChI is InChI=1S/C20H15N7O2S/c1-29-16-7-17-11(5-12(8-21)30-17)6-13(16)18(23)15(9-22)26-20(28)14-10-25-27-4-2-3-24-19(14)27/h2-7,9-10,22H,23H2,1H3,(H,26,28)/b18-15+,22-9?. The van der Waals surface area contributed by atoms with Crippen LogP contribution in [0.2, 0.25) is 0 Å². The third kappa shape index (κ3) is 3.23. The zero-order valence-electron chi connectivity index (χ0n) is 15.7. The molecular formula is C20H15N7O2S. The Kier molecular flexibility index (Phi) is 4.87. The lowest BCUT2D eigenvalue weighted by molar-refractivity contribution is 0.0969. The van der Waals surface area contributed by atoms with Crippen LogP contribution < -0.4 is 15.8 Å². The second kappa shape index (κ2) is 7.65. The average molecular weight is 417 g/mol. The van der Waals surface area contributed by atoms with E-state index in [2.05, 4.69) is 21.5 Å². The van der Waals surface area contributed by atoms with Gasteiger partial charge in [0, 0.05) is 28.9 Å². The molecule has 4 rings (SSSR count). The SMILES string of the molecule is COc1cc2sc(C#N)cc2cc1/C(N)=C(/C=N)NC(=O)c1cnn2cccnc12. The van der Waals surface area contributed by atoms with Gasteiger partial charge in [-0.05, 0) is 29.7 Å². The molecule has 30 heavy (non-hydrogen) atoms. The number of fused-ring (bicyclic) bond motifs is 2. The molecule has 0 aliphatic rings. The van der Waals surface area contributed by atoms with Crippen LogP contribution in [-0.4, -0.2) is 33.8 Å². The van der Waals surface area contributed by atoms with Gasteiger partial charge >= 0.3 is 0 Å². The Bertz CT molecular complexity index is 1380. The van der Waals surface area contributed by atoms with E-state index in [0.29, 0.717) is 21.8 Å². The number of carbonyl (C=O) groups is 1. The summed E-state index contributed by atoms with van der Waals surface area (Å²) >= 11 is 1.34. The van der Waals surface area contributed by atoms with Gasteiger partial charge in [0.2, 0.25) is 0 Å². The molecule has 4 N–H and O–H groups in total. The fraction of sp³-hybridized carbons (Fsp3) is 0.0500. The van der Waals surface area contributed by atoms with Crippen molar-refractivity contribution in [1.29, 1.82) is 10.7 Å². The Morgan fingerprint density at radius 2 is 2.23 bits per heavy atom. The Hall–Kier alpha value is -4.23. The van der Waals surface area contributed by atoms with Crippen molar-refractivity contribution in [2.45, 2.75) is 0 Å². The minimum absolute atomic E-state index is 0.101. The summed E-state index contributed by atoms with van der Waals surface area (Å²) in [6, 6.07) is 9.13. The summed E-state index contributed by atoms with van der Waals surface area (Å²) in [5, 5.41) is 24.4. The highest BCUT2D eigenvalue weighted by atomic mass is 32.1. The van der Waals surface area contributed by atoms with Crippen LogP contribution in [0.25, 0.3) is 21.4 Å². The van der Waals surface area contributed by atoms with E-state index in [1.807, 2.05) is 0 Å². The number of methoxy groups -OCH3 is 1. The lowest BCUT2D eigenvalue weighted by atomic mass is 10.1. The molecule has 0 atom stereocenters. The van der Waals surface area contributed by atoms with E-state index in [1.165, 1.54) is 29.2 Å². The van der Waals surface area contributed by atoms with Crippen molar-refractivity contribution >= 4 is 44.9 Å². The highest BCUT2D eigenvalue weighted by Gasteiger charge is 2.18. The molecule has 1 amide bonds. The number of thiophene rings is 1. The van der Waals surface area contributed by atoms with Gasteiger partial charge < -0.3 is 21.2 Å². The normalized spacial score (nSPS) is 11.7. The molecule has 0 unspecified atom stereocenters. The first-order chi connectivity index (χ1) is 14.5. The van der Waals surface area contributed by atoms with Crippen LogP contribution in [0.3, 0.4) is 0 Å². The zero-order valence-corrected chi connectivity index (χ0v) is 16.5. The van der Waals surface area contributed by atoms with E-state index in [9.17, 15) is 4.79 Å². The third-order valence-corrected chi connectivity index (χ3v) is 5.45. The first-order valence-corrected chi connectivity index (χ1v) is 9.49. The van der Waals surface area contributed by atoms with E-state index in [4.69, 9.17) is 21.1 Å². The molecule has 0 fully saturated rings. The van der Waals surface area contributed by atoms with Crippen LogP contribution in [0.15, 0.2) is 48.6 Å². The van der Waals surface area contributed by atoms with Gasteiger partial charge in [-0.3, -0.25) is 4.79 Å². The summed E-state index contributed by atoms with van der Waals surface area (Å²) in [6.07, 6.45) is 5.60. The largest absolute Gasteiger partial charge is 0.496 e. The molecule has 0 saturated carbocycles. The molecule has 148 valence electrons.